The molecule has 0 saturated heterocycles. The van der Waals surface area contributed by atoms with Crippen LogP contribution in [0.4, 0.5) is 5.82 Å². The Morgan fingerprint density at radius 3 is 2.41 bits per heavy atom. The van der Waals surface area contributed by atoms with Crippen LogP contribution in [0, 0.1) is 11.8 Å². The van der Waals surface area contributed by atoms with Crippen molar-refractivity contribution in [1.82, 2.24) is 4.98 Å². The molecule has 6 heteroatoms. The van der Waals surface area contributed by atoms with Crippen molar-refractivity contribution in [3.05, 3.63) is 106 Å². The summed E-state index contributed by atoms with van der Waals surface area (Å²) in [5.41, 5.74) is 3.46. The van der Waals surface area contributed by atoms with Gasteiger partial charge in [-0.15, -0.1) is 10.0 Å². The Morgan fingerprint density at radius 2 is 1.78 bits per heavy atom. The molecule has 0 radical (unpaired) electrons. The van der Waals surface area contributed by atoms with E-state index in [0.29, 0.717) is 16.4 Å². The number of halogens is 1. The Morgan fingerprint density at radius 1 is 1.04 bits per heavy atom. The van der Waals surface area contributed by atoms with Gasteiger partial charge in [-0.2, -0.15) is 5.11 Å². The average Bonchev–Trinajstić information content (AvgIpc) is 2.70. The number of nitrogens with zero attached hydrogens (tertiary/aromatic N) is 4. The van der Waals surface area contributed by atoms with Crippen LogP contribution in [0.1, 0.15) is 22.7 Å². The van der Waals surface area contributed by atoms with Gasteiger partial charge in [0.2, 0.25) is 0 Å². The predicted molar refractivity (Wildman–Crippen MR) is 108 cm³/mol. The van der Waals surface area contributed by atoms with E-state index in [2.05, 4.69) is 20.4 Å². The zero-order valence-corrected chi connectivity index (χ0v) is 15.4. The molecule has 0 aliphatic heterocycles. The lowest BCUT2D eigenvalue weighted by molar-refractivity contribution is 0.849. The number of benzene rings is 2. The molecule has 0 spiro atoms. The van der Waals surface area contributed by atoms with Crippen LogP contribution in [0.3, 0.4) is 0 Å². The minimum Gasteiger partial charge on any atom is -0.236 e. The van der Waals surface area contributed by atoms with Gasteiger partial charge in [-0.3, -0.25) is 0 Å². The lowest BCUT2D eigenvalue weighted by Gasteiger charge is -2.16. The third-order valence-electron chi connectivity index (χ3n) is 3.98. The van der Waals surface area contributed by atoms with E-state index >= 15 is 0 Å². The van der Waals surface area contributed by atoms with Crippen molar-refractivity contribution in [3.8, 4) is 0 Å². The molecular formula is C21H17ClN4O. The van der Waals surface area contributed by atoms with Gasteiger partial charge < -0.3 is 0 Å². The van der Waals surface area contributed by atoms with Gasteiger partial charge in [0.05, 0.1) is 6.20 Å². The maximum Gasteiger partial charge on any atom is 0.173 e. The first-order valence-electron chi connectivity index (χ1n) is 8.34. The van der Waals surface area contributed by atoms with Gasteiger partial charge in [-0.1, -0.05) is 59.6 Å². The topological polar surface area (TPSA) is 67.0 Å². The Kier molecular flexibility index (Phi) is 6.18. The summed E-state index contributed by atoms with van der Waals surface area (Å²) in [5, 5.41) is 12.3. The predicted octanol–water partition coefficient (Wildman–Crippen LogP) is 6.68. The smallest absolute Gasteiger partial charge is 0.173 e. The van der Waals surface area contributed by atoms with Crippen LogP contribution in [0.25, 0.3) is 5.57 Å². The summed E-state index contributed by atoms with van der Waals surface area (Å²) >= 11 is 6.02. The van der Waals surface area contributed by atoms with E-state index in [1.165, 1.54) is 6.20 Å². The summed E-state index contributed by atoms with van der Waals surface area (Å²) < 4.78 is 0. The summed E-state index contributed by atoms with van der Waals surface area (Å²) in [5.74, 6) is 0.485. The zero-order chi connectivity index (χ0) is 19.1. The molecule has 0 N–H and O–H groups in total. The highest BCUT2D eigenvalue weighted by atomic mass is 35.5. The van der Waals surface area contributed by atoms with Gasteiger partial charge in [0, 0.05) is 16.8 Å². The number of rotatable bonds is 6. The van der Waals surface area contributed by atoms with E-state index in [4.69, 9.17) is 11.6 Å². The molecule has 3 aromatic rings. The standard InChI is InChI=1S/C21H17ClN4O/c1-15-5-7-16(8-6-15)19(14-24-27)21(17-9-11-18(22)12-10-17)26-25-20-4-2-3-13-23-20/h2-14,21H,1H3/b19-14+,26-25?. The third kappa shape index (κ3) is 4.92. The van der Waals surface area contributed by atoms with Crippen molar-refractivity contribution in [2.75, 3.05) is 0 Å². The van der Waals surface area contributed by atoms with Crippen LogP contribution in [0.5, 0.6) is 0 Å². The number of aromatic nitrogens is 1. The van der Waals surface area contributed by atoms with Crippen molar-refractivity contribution in [1.29, 1.82) is 0 Å². The van der Waals surface area contributed by atoms with Gasteiger partial charge in [-0.25, -0.2) is 4.98 Å². The molecular weight excluding hydrogens is 360 g/mol. The molecule has 1 heterocycles. The number of nitroso groups, excluding NO2 is 1. The van der Waals surface area contributed by atoms with E-state index < -0.39 is 6.04 Å². The summed E-state index contributed by atoms with van der Waals surface area (Å²) in [7, 11) is 0. The molecule has 0 amide bonds. The zero-order valence-electron chi connectivity index (χ0n) is 14.7. The Hall–Kier alpha value is -3.18. The van der Waals surface area contributed by atoms with Crippen LogP contribution >= 0.6 is 11.6 Å². The van der Waals surface area contributed by atoms with Crippen LogP contribution in [0.15, 0.2) is 94.5 Å². The SMILES string of the molecule is Cc1ccc(/C(=C\N=O)C(N=Nc2ccccn2)c2ccc(Cl)cc2)cc1. The van der Waals surface area contributed by atoms with Crippen molar-refractivity contribution in [3.63, 3.8) is 0 Å². The summed E-state index contributed by atoms with van der Waals surface area (Å²) in [4.78, 5) is 15.2. The molecule has 1 unspecified atom stereocenters. The van der Waals surface area contributed by atoms with Gasteiger partial charge in [0.15, 0.2) is 5.82 Å². The molecule has 2 aromatic carbocycles. The van der Waals surface area contributed by atoms with E-state index in [9.17, 15) is 4.91 Å². The van der Waals surface area contributed by atoms with E-state index in [0.717, 1.165) is 16.7 Å². The number of aryl methyl sites for hydroxylation is 1. The number of hydrogen-bond acceptors (Lipinski definition) is 5. The van der Waals surface area contributed by atoms with Crippen molar-refractivity contribution < 1.29 is 0 Å². The Balaban J connectivity index is 2.07. The molecule has 3 rings (SSSR count). The molecule has 134 valence electrons. The number of hydrogen-bond donors (Lipinski definition) is 0. The summed E-state index contributed by atoms with van der Waals surface area (Å²) in [6.45, 7) is 2.00. The average molecular weight is 377 g/mol. The van der Waals surface area contributed by atoms with Gasteiger partial charge >= 0.3 is 0 Å². The summed E-state index contributed by atoms with van der Waals surface area (Å²) in [6, 6.07) is 20.0. The van der Waals surface area contributed by atoms with Crippen LogP contribution in [-0.2, 0) is 0 Å². The first kappa shape index (κ1) is 18.6. The molecule has 5 nitrogen and oxygen atoms in total. The van der Waals surface area contributed by atoms with Gasteiger partial charge in [0.1, 0.15) is 6.04 Å². The molecule has 1 aromatic heterocycles. The summed E-state index contributed by atoms with van der Waals surface area (Å²) in [6.07, 6.45) is 2.93. The molecule has 0 fully saturated rings. The second-order valence-corrected chi connectivity index (χ2v) is 6.35. The molecule has 27 heavy (non-hydrogen) atoms. The third-order valence-corrected chi connectivity index (χ3v) is 4.23. The highest BCUT2D eigenvalue weighted by Crippen LogP contribution is 2.35. The second kappa shape index (κ2) is 8.96. The van der Waals surface area contributed by atoms with Gasteiger partial charge in [0.25, 0.3) is 0 Å². The fraction of sp³-hybridized carbons (Fsp3) is 0.0952. The van der Waals surface area contributed by atoms with E-state index in [1.54, 1.807) is 24.4 Å². The second-order valence-electron chi connectivity index (χ2n) is 5.91. The minimum absolute atomic E-state index is 0.485. The Labute approximate surface area is 162 Å². The van der Waals surface area contributed by atoms with Crippen molar-refractivity contribution in [2.24, 2.45) is 15.4 Å². The van der Waals surface area contributed by atoms with Crippen LogP contribution in [-0.4, -0.2) is 4.98 Å². The van der Waals surface area contributed by atoms with Crippen LogP contribution in [0.2, 0.25) is 5.02 Å². The monoisotopic (exact) mass is 376 g/mol. The van der Waals surface area contributed by atoms with Crippen molar-refractivity contribution in [2.45, 2.75) is 13.0 Å². The maximum atomic E-state index is 11.1. The van der Waals surface area contributed by atoms with E-state index in [-0.39, 0.29) is 0 Å². The Bertz CT molecular complexity index is 952. The molecule has 1 atom stereocenters. The highest BCUT2D eigenvalue weighted by Gasteiger charge is 2.19. The quantitative estimate of drug-likeness (QED) is 0.356. The lowest BCUT2D eigenvalue weighted by atomic mass is 9.93. The van der Waals surface area contributed by atoms with Crippen molar-refractivity contribution >= 4 is 23.0 Å². The molecule has 0 aliphatic carbocycles. The minimum atomic E-state index is -0.523. The lowest BCUT2D eigenvalue weighted by Crippen LogP contribution is -1.99. The van der Waals surface area contributed by atoms with Crippen LogP contribution < -0.4 is 0 Å². The first-order valence-corrected chi connectivity index (χ1v) is 8.72. The fourth-order valence-corrected chi connectivity index (χ4v) is 2.72. The maximum absolute atomic E-state index is 11.1. The molecule has 0 bridgehead atoms. The largest absolute Gasteiger partial charge is 0.236 e. The first-order chi connectivity index (χ1) is 13.2. The molecule has 0 aliphatic rings. The number of azo groups is 1. The highest BCUT2D eigenvalue weighted by molar-refractivity contribution is 6.30. The molecule has 0 saturated carbocycles. The number of pyridine rings is 1. The van der Waals surface area contributed by atoms with E-state index in [1.807, 2.05) is 55.5 Å². The fourth-order valence-electron chi connectivity index (χ4n) is 2.59. The van der Waals surface area contributed by atoms with Gasteiger partial charge in [-0.05, 0) is 47.5 Å². The normalized spacial score (nSPS) is 12.9.